The minimum Gasteiger partial charge on any atom is -0.338 e. The van der Waals surface area contributed by atoms with Gasteiger partial charge in [0.25, 0.3) is 0 Å². The van der Waals surface area contributed by atoms with E-state index in [9.17, 15) is 0 Å². The summed E-state index contributed by atoms with van der Waals surface area (Å²) in [6.45, 7) is 2.24. The van der Waals surface area contributed by atoms with Crippen LogP contribution in [-0.2, 0) is 0 Å². The molecule has 0 N–H and O–H groups in total. The third-order valence-electron chi connectivity index (χ3n) is 4.55. The van der Waals surface area contributed by atoms with E-state index in [0.717, 1.165) is 33.6 Å². The van der Waals surface area contributed by atoms with Crippen LogP contribution in [0.5, 0.6) is 0 Å². The van der Waals surface area contributed by atoms with E-state index in [4.69, 9.17) is 16.6 Å². The minimum atomic E-state index is 0.00736. The summed E-state index contributed by atoms with van der Waals surface area (Å²) in [5.74, 6) is 1.10. The lowest BCUT2D eigenvalue weighted by molar-refractivity contribution is 0.255. The van der Waals surface area contributed by atoms with Crippen LogP contribution < -0.4 is 0 Å². The largest absolute Gasteiger partial charge is 0.338 e. The maximum Gasteiger partial charge on any atom is 0.160 e. The highest BCUT2D eigenvalue weighted by Gasteiger charge is 2.45. The Morgan fingerprint density at radius 2 is 2.04 bits per heavy atom. The van der Waals surface area contributed by atoms with Gasteiger partial charge in [-0.2, -0.15) is 0 Å². The molecule has 1 aromatic carbocycles. The van der Waals surface area contributed by atoms with Crippen molar-refractivity contribution in [3.63, 3.8) is 0 Å². The van der Waals surface area contributed by atoms with Crippen molar-refractivity contribution >= 4 is 28.5 Å². The number of nitrogens with zero attached hydrogens (tertiary/aromatic N) is 3. The van der Waals surface area contributed by atoms with Crippen LogP contribution in [0.4, 0.5) is 0 Å². The summed E-state index contributed by atoms with van der Waals surface area (Å²) in [7, 11) is 0. The molecule has 0 saturated carbocycles. The molecule has 0 aliphatic carbocycles. The fourth-order valence-corrected chi connectivity index (χ4v) is 4.99. The van der Waals surface area contributed by atoms with Crippen molar-refractivity contribution in [1.82, 2.24) is 9.88 Å². The number of pyridine rings is 1. The molecule has 2 aliphatic heterocycles. The van der Waals surface area contributed by atoms with E-state index in [2.05, 4.69) is 35.0 Å². The molecule has 118 valence electrons. The van der Waals surface area contributed by atoms with E-state index in [-0.39, 0.29) is 12.1 Å². The lowest BCUT2D eigenvalue weighted by Crippen LogP contribution is -2.35. The summed E-state index contributed by atoms with van der Waals surface area (Å²) >= 11 is 8.39. The Morgan fingerprint density at radius 1 is 1.22 bits per heavy atom. The second-order valence-corrected chi connectivity index (χ2v) is 7.25. The first-order valence-corrected chi connectivity index (χ1v) is 9.30. The third-order valence-corrected chi connectivity index (χ3v) is 6.02. The molecule has 2 aliphatic rings. The minimum absolute atomic E-state index is 0.00736. The molecule has 0 radical (unpaired) electrons. The molecule has 1 aromatic heterocycles. The van der Waals surface area contributed by atoms with Gasteiger partial charge in [-0.25, -0.2) is 0 Å². The van der Waals surface area contributed by atoms with Gasteiger partial charge >= 0.3 is 0 Å². The third kappa shape index (κ3) is 2.54. The molecule has 0 bridgehead atoms. The number of thioether (sulfide) groups is 1. The predicted octanol–water partition coefficient (Wildman–Crippen LogP) is 4.71. The van der Waals surface area contributed by atoms with Crippen LogP contribution in [0.1, 0.15) is 36.7 Å². The number of benzene rings is 1. The first-order chi connectivity index (χ1) is 11.3. The van der Waals surface area contributed by atoms with Gasteiger partial charge in [0.2, 0.25) is 0 Å². The predicted molar refractivity (Wildman–Crippen MR) is 97.0 cm³/mol. The molecule has 1 saturated heterocycles. The Morgan fingerprint density at radius 3 is 2.78 bits per heavy atom. The van der Waals surface area contributed by atoms with Crippen LogP contribution in [0.2, 0.25) is 5.02 Å². The van der Waals surface area contributed by atoms with Gasteiger partial charge in [-0.15, -0.1) is 0 Å². The maximum atomic E-state index is 6.53. The number of fused-ring (bicyclic) bond motifs is 1. The van der Waals surface area contributed by atoms with Crippen molar-refractivity contribution < 1.29 is 0 Å². The molecule has 3 atom stereocenters. The van der Waals surface area contributed by atoms with Crippen molar-refractivity contribution in [3.8, 4) is 0 Å². The lowest BCUT2D eigenvalue weighted by Gasteiger charge is -2.32. The molecule has 0 amide bonds. The maximum absolute atomic E-state index is 6.53. The zero-order chi connectivity index (χ0) is 15.8. The average Bonchev–Trinajstić information content (AvgIpc) is 3.15. The molecular formula is C18H18ClN3S. The zero-order valence-corrected chi connectivity index (χ0v) is 14.5. The van der Waals surface area contributed by atoms with E-state index in [1.807, 2.05) is 42.2 Å². The molecule has 1 fully saturated rings. The molecule has 5 heteroatoms. The molecule has 0 unspecified atom stereocenters. The van der Waals surface area contributed by atoms with Gasteiger partial charge in [0.15, 0.2) is 5.17 Å². The lowest BCUT2D eigenvalue weighted by atomic mass is 9.95. The van der Waals surface area contributed by atoms with E-state index >= 15 is 0 Å². The highest BCUT2D eigenvalue weighted by Crippen LogP contribution is 2.49. The summed E-state index contributed by atoms with van der Waals surface area (Å²) in [5.41, 5.74) is 2.15. The highest BCUT2D eigenvalue weighted by atomic mass is 35.5. The quantitative estimate of drug-likeness (QED) is 0.807. The monoisotopic (exact) mass is 343 g/mol. The smallest absolute Gasteiger partial charge is 0.160 e. The number of amidine groups is 1. The van der Waals surface area contributed by atoms with Gasteiger partial charge in [-0.05, 0) is 30.2 Å². The molecule has 23 heavy (non-hydrogen) atoms. The van der Waals surface area contributed by atoms with Crippen molar-refractivity contribution in [1.29, 1.82) is 0 Å². The summed E-state index contributed by atoms with van der Waals surface area (Å²) in [6.07, 6.45) is 2.95. The topological polar surface area (TPSA) is 28.5 Å². The zero-order valence-electron chi connectivity index (χ0n) is 12.9. The number of halogens is 1. The molecule has 3 heterocycles. The molecule has 3 nitrogen and oxygen atoms in total. The number of aromatic nitrogens is 1. The summed E-state index contributed by atoms with van der Waals surface area (Å²) in [5, 5.41) is 1.94. The highest BCUT2D eigenvalue weighted by molar-refractivity contribution is 8.14. The summed E-state index contributed by atoms with van der Waals surface area (Å²) in [4.78, 5) is 12.0. The van der Waals surface area contributed by atoms with E-state index in [0.29, 0.717) is 6.04 Å². The Kier molecular flexibility index (Phi) is 4.04. The first kappa shape index (κ1) is 15.0. The second-order valence-electron chi connectivity index (χ2n) is 5.86. The van der Waals surface area contributed by atoms with E-state index < -0.39 is 0 Å². The van der Waals surface area contributed by atoms with Gasteiger partial charge < -0.3 is 4.90 Å². The Hall–Kier alpha value is -1.52. The van der Waals surface area contributed by atoms with Crippen LogP contribution in [0, 0.1) is 0 Å². The van der Waals surface area contributed by atoms with Crippen molar-refractivity contribution in [2.75, 3.05) is 5.75 Å². The van der Waals surface area contributed by atoms with Gasteiger partial charge in [0.05, 0.1) is 11.7 Å². The van der Waals surface area contributed by atoms with Gasteiger partial charge in [0, 0.05) is 23.0 Å². The Bertz CT molecular complexity index is 734. The number of hydrogen-bond acceptors (Lipinski definition) is 4. The summed E-state index contributed by atoms with van der Waals surface area (Å²) < 4.78 is 0. The second kappa shape index (κ2) is 6.17. The van der Waals surface area contributed by atoms with Crippen LogP contribution in [0.3, 0.4) is 0 Å². The van der Waals surface area contributed by atoms with E-state index in [1.165, 1.54) is 0 Å². The average molecular weight is 344 g/mol. The van der Waals surface area contributed by atoms with Crippen LogP contribution in [0.15, 0.2) is 53.7 Å². The van der Waals surface area contributed by atoms with Crippen molar-refractivity contribution in [2.45, 2.75) is 31.5 Å². The van der Waals surface area contributed by atoms with Crippen molar-refractivity contribution in [2.24, 2.45) is 4.99 Å². The van der Waals surface area contributed by atoms with Gasteiger partial charge in [0.1, 0.15) is 6.04 Å². The fraction of sp³-hybridized carbons (Fsp3) is 0.333. The van der Waals surface area contributed by atoms with Crippen molar-refractivity contribution in [3.05, 3.63) is 64.9 Å². The standard InChI is InChI=1S/C18H18ClN3S/c1-2-12-11-23-18-21-16(15-9-5-6-10-20-15)17(22(12)18)13-7-3-4-8-14(13)19/h3-10,12,16-17H,2,11H2,1H3/t12-,16-,17+/m0/s1. The Balaban J connectivity index is 1.82. The van der Waals surface area contributed by atoms with E-state index in [1.54, 1.807) is 0 Å². The molecule has 0 spiro atoms. The number of rotatable bonds is 3. The summed E-state index contributed by atoms with van der Waals surface area (Å²) in [6, 6.07) is 14.8. The molecular weight excluding hydrogens is 326 g/mol. The molecule has 2 aromatic rings. The van der Waals surface area contributed by atoms with Crippen LogP contribution in [0.25, 0.3) is 0 Å². The molecule has 4 rings (SSSR count). The van der Waals surface area contributed by atoms with Crippen LogP contribution in [-0.4, -0.2) is 26.8 Å². The van der Waals surface area contributed by atoms with Gasteiger partial charge in [-0.3, -0.25) is 9.98 Å². The normalized spacial score (nSPS) is 26.3. The first-order valence-electron chi connectivity index (χ1n) is 7.94. The number of aliphatic imine (C=N–C) groups is 1. The Labute approximate surface area is 145 Å². The number of hydrogen-bond donors (Lipinski definition) is 0. The van der Waals surface area contributed by atoms with Crippen LogP contribution >= 0.6 is 23.4 Å². The van der Waals surface area contributed by atoms with Gasteiger partial charge in [-0.1, -0.05) is 54.6 Å². The fourth-order valence-electron chi connectivity index (χ4n) is 3.40. The SMILES string of the molecule is CC[C@H]1CSC2=N[C@@H](c3ccccn3)[C@@H](c3ccccc3Cl)N21.